The fourth-order valence-corrected chi connectivity index (χ4v) is 5.02. The van der Waals surface area contributed by atoms with Crippen molar-refractivity contribution < 1.29 is 29.3 Å². The molecule has 2 atom stereocenters. The minimum absolute atomic E-state index is 0.103. The smallest absolute Gasteiger partial charge is 0.408 e. The second kappa shape index (κ2) is 10.3. The van der Waals surface area contributed by atoms with Gasteiger partial charge in [0, 0.05) is 17.3 Å². The maximum Gasteiger partial charge on any atom is 0.408 e. The Morgan fingerprint density at radius 2 is 1.66 bits per heavy atom. The van der Waals surface area contributed by atoms with Crippen LogP contribution >= 0.6 is 11.3 Å². The lowest BCUT2D eigenvalue weighted by Crippen LogP contribution is -2.46. The predicted molar refractivity (Wildman–Crippen MR) is 131 cm³/mol. The molecule has 4 rings (SSSR count). The zero-order chi connectivity index (χ0) is 25.0. The molecule has 9 heteroatoms. The highest BCUT2D eigenvalue weighted by Gasteiger charge is 2.31. The first-order valence-electron chi connectivity index (χ1n) is 11.1. The van der Waals surface area contributed by atoms with Crippen LogP contribution in [0.5, 0.6) is 0 Å². The van der Waals surface area contributed by atoms with E-state index < -0.39 is 36.0 Å². The summed E-state index contributed by atoms with van der Waals surface area (Å²) in [5.41, 5.74) is 2.75. The van der Waals surface area contributed by atoms with Gasteiger partial charge in [0.15, 0.2) is 0 Å². The molecule has 8 nitrogen and oxygen atoms in total. The van der Waals surface area contributed by atoms with Crippen LogP contribution in [0.25, 0.3) is 11.1 Å². The van der Waals surface area contributed by atoms with Gasteiger partial charge in [0.2, 0.25) is 5.91 Å². The van der Waals surface area contributed by atoms with E-state index in [-0.39, 0.29) is 19.1 Å². The van der Waals surface area contributed by atoms with Crippen molar-refractivity contribution in [3.63, 3.8) is 0 Å². The molecule has 2 unspecified atom stereocenters. The van der Waals surface area contributed by atoms with Crippen molar-refractivity contribution in [1.29, 1.82) is 0 Å². The van der Waals surface area contributed by atoms with E-state index in [1.165, 1.54) is 18.3 Å². The highest BCUT2D eigenvalue weighted by molar-refractivity contribution is 7.10. The third kappa shape index (κ3) is 5.70. The number of carboxylic acids is 1. The second-order valence-electron chi connectivity index (χ2n) is 8.70. The average Bonchev–Trinajstić information content (AvgIpc) is 3.46. The zero-order valence-electron chi connectivity index (χ0n) is 19.1. The number of benzene rings is 2. The van der Waals surface area contributed by atoms with Gasteiger partial charge < -0.3 is 25.6 Å². The Bertz CT molecular complexity index is 1180. The Labute approximate surface area is 206 Å². The van der Waals surface area contributed by atoms with Crippen molar-refractivity contribution in [3.8, 4) is 11.1 Å². The first kappa shape index (κ1) is 24.4. The Kier molecular flexibility index (Phi) is 7.18. The number of alkyl carbamates (subject to hydrolysis) is 1. The predicted octanol–water partition coefficient (Wildman–Crippen LogP) is 3.67. The summed E-state index contributed by atoms with van der Waals surface area (Å²) >= 11 is 1.28. The molecule has 1 heterocycles. The summed E-state index contributed by atoms with van der Waals surface area (Å²) in [6.45, 7) is 1.14. The summed E-state index contributed by atoms with van der Waals surface area (Å²) in [5, 5.41) is 26.0. The van der Waals surface area contributed by atoms with Crippen LogP contribution in [0.3, 0.4) is 0 Å². The maximum absolute atomic E-state index is 12.9. The molecule has 0 aliphatic heterocycles. The standard InChI is InChI=1S/C26H26N2O6S/c1-26(33,13-22(29)30)15-27-24(31)23(21-11-6-12-35-21)28-25(32)34-14-20-18-9-4-2-7-16(18)17-8-3-5-10-19(17)20/h2-12,20,23,33H,13-15H2,1H3,(H,27,31)(H,28,32)(H,29,30). The van der Waals surface area contributed by atoms with Gasteiger partial charge in [-0.3, -0.25) is 9.59 Å². The molecule has 0 saturated heterocycles. The largest absolute Gasteiger partial charge is 0.481 e. The molecule has 1 aromatic heterocycles. The van der Waals surface area contributed by atoms with Crippen molar-refractivity contribution in [2.45, 2.75) is 30.9 Å². The van der Waals surface area contributed by atoms with Gasteiger partial charge in [-0.05, 0) is 40.6 Å². The van der Waals surface area contributed by atoms with Crippen LogP contribution in [0, 0.1) is 0 Å². The molecule has 2 aromatic carbocycles. The number of fused-ring (bicyclic) bond motifs is 3. The molecule has 1 aliphatic carbocycles. The molecule has 0 radical (unpaired) electrons. The number of hydrogen-bond acceptors (Lipinski definition) is 6. The minimum atomic E-state index is -1.63. The topological polar surface area (TPSA) is 125 Å². The number of carbonyl (C=O) groups excluding carboxylic acids is 2. The number of carbonyl (C=O) groups is 3. The average molecular weight is 495 g/mol. The summed E-state index contributed by atoms with van der Waals surface area (Å²) in [4.78, 5) is 37.1. The fraction of sp³-hybridized carbons (Fsp3) is 0.269. The van der Waals surface area contributed by atoms with E-state index in [0.717, 1.165) is 22.3 Å². The van der Waals surface area contributed by atoms with Gasteiger partial charge in [-0.1, -0.05) is 54.6 Å². The molecule has 3 aromatic rings. The van der Waals surface area contributed by atoms with Crippen molar-refractivity contribution in [3.05, 3.63) is 82.0 Å². The number of amides is 2. The van der Waals surface area contributed by atoms with Crippen LogP contribution in [-0.4, -0.2) is 46.9 Å². The number of carboxylic acid groups (broad SMARTS) is 1. The van der Waals surface area contributed by atoms with E-state index in [1.54, 1.807) is 17.5 Å². The Hall–Kier alpha value is -3.69. The molecule has 0 spiro atoms. The third-order valence-electron chi connectivity index (χ3n) is 5.87. The van der Waals surface area contributed by atoms with E-state index in [1.807, 2.05) is 48.5 Å². The number of rotatable bonds is 9. The van der Waals surface area contributed by atoms with Crippen LogP contribution in [-0.2, 0) is 14.3 Å². The number of aliphatic carboxylic acids is 1. The summed E-state index contributed by atoms with van der Waals surface area (Å²) in [5.74, 6) is -1.88. The number of nitrogens with one attached hydrogen (secondary N) is 2. The van der Waals surface area contributed by atoms with Crippen molar-refractivity contribution in [1.82, 2.24) is 10.6 Å². The van der Waals surface area contributed by atoms with Crippen LogP contribution < -0.4 is 10.6 Å². The first-order valence-corrected chi connectivity index (χ1v) is 12.0. The van der Waals surface area contributed by atoms with Crippen molar-refractivity contribution >= 4 is 29.3 Å². The maximum atomic E-state index is 12.9. The van der Waals surface area contributed by atoms with Crippen LogP contribution in [0.4, 0.5) is 4.79 Å². The molecular formula is C26H26N2O6S. The van der Waals surface area contributed by atoms with Gasteiger partial charge >= 0.3 is 12.1 Å². The van der Waals surface area contributed by atoms with Gasteiger partial charge in [0.25, 0.3) is 0 Å². The van der Waals surface area contributed by atoms with Crippen molar-refractivity contribution in [2.75, 3.05) is 13.2 Å². The molecule has 0 saturated carbocycles. The zero-order valence-corrected chi connectivity index (χ0v) is 19.9. The lowest BCUT2D eigenvalue weighted by atomic mass is 9.98. The molecule has 4 N–H and O–H groups in total. The van der Waals surface area contributed by atoms with E-state index in [2.05, 4.69) is 10.6 Å². The van der Waals surface area contributed by atoms with Gasteiger partial charge in [0.05, 0.1) is 12.0 Å². The minimum Gasteiger partial charge on any atom is -0.481 e. The number of thiophene rings is 1. The lowest BCUT2D eigenvalue weighted by molar-refractivity contribution is -0.142. The normalized spacial score (nSPS) is 14.8. The molecule has 2 amide bonds. The Balaban J connectivity index is 1.42. The molecular weight excluding hydrogens is 468 g/mol. The first-order chi connectivity index (χ1) is 16.7. The molecule has 35 heavy (non-hydrogen) atoms. The monoisotopic (exact) mass is 494 g/mol. The van der Waals surface area contributed by atoms with E-state index in [4.69, 9.17) is 9.84 Å². The highest BCUT2D eigenvalue weighted by Crippen LogP contribution is 2.44. The SMILES string of the molecule is CC(O)(CNC(=O)C(NC(=O)OCC1c2ccccc2-c2ccccc21)c1cccs1)CC(=O)O. The quantitative estimate of drug-likeness (QED) is 0.360. The molecule has 0 fully saturated rings. The van der Waals surface area contributed by atoms with Gasteiger partial charge in [-0.2, -0.15) is 0 Å². The Morgan fingerprint density at radius 3 is 2.23 bits per heavy atom. The van der Waals surface area contributed by atoms with Crippen LogP contribution in [0.1, 0.15) is 41.3 Å². The van der Waals surface area contributed by atoms with Crippen LogP contribution in [0.15, 0.2) is 66.0 Å². The van der Waals surface area contributed by atoms with Crippen molar-refractivity contribution in [2.24, 2.45) is 0 Å². The summed E-state index contributed by atoms with van der Waals surface area (Å²) < 4.78 is 5.56. The molecule has 0 bridgehead atoms. The van der Waals surface area contributed by atoms with E-state index in [0.29, 0.717) is 4.88 Å². The third-order valence-corrected chi connectivity index (χ3v) is 6.81. The summed E-state index contributed by atoms with van der Waals surface area (Å²) in [7, 11) is 0. The molecule has 1 aliphatic rings. The van der Waals surface area contributed by atoms with Gasteiger partial charge in [0.1, 0.15) is 12.6 Å². The summed E-state index contributed by atoms with van der Waals surface area (Å²) in [6, 6.07) is 18.4. The number of ether oxygens (including phenoxy) is 1. The van der Waals surface area contributed by atoms with E-state index in [9.17, 15) is 19.5 Å². The number of aliphatic hydroxyl groups is 1. The number of hydrogen-bond donors (Lipinski definition) is 4. The van der Waals surface area contributed by atoms with Gasteiger partial charge in [-0.25, -0.2) is 4.79 Å². The Morgan fingerprint density at radius 1 is 1.03 bits per heavy atom. The van der Waals surface area contributed by atoms with Gasteiger partial charge in [-0.15, -0.1) is 11.3 Å². The highest BCUT2D eigenvalue weighted by atomic mass is 32.1. The van der Waals surface area contributed by atoms with Crippen LogP contribution in [0.2, 0.25) is 0 Å². The fourth-order valence-electron chi connectivity index (χ4n) is 4.25. The summed E-state index contributed by atoms with van der Waals surface area (Å²) in [6.07, 6.45) is -1.28. The van der Waals surface area contributed by atoms with E-state index >= 15 is 0 Å². The lowest BCUT2D eigenvalue weighted by Gasteiger charge is -2.24. The second-order valence-corrected chi connectivity index (χ2v) is 9.68. The molecule has 182 valence electrons.